The molecule has 0 radical (unpaired) electrons. The minimum atomic E-state index is -0.0138. The molecule has 3 heteroatoms. The molecule has 0 bridgehead atoms. The third kappa shape index (κ3) is 6.60. The van der Waals surface area contributed by atoms with Gasteiger partial charge in [0.1, 0.15) is 5.75 Å². The molecule has 0 heterocycles. The SMILES string of the molecule is CCCCCCCCNC(=O)c1cccc(OCC)c1. The lowest BCUT2D eigenvalue weighted by molar-refractivity contribution is 0.0952. The quantitative estimate of drug-likeness (QED) is 0.652. The van der Waals surface area contributed by atoms with Gasteiger partial charge >= 0.3 is 0 Å². The maximum atomic E-state index is 12.0. The van der Waals surface area contributed by atoms with Crippen molar-refractivity contribution in [2.45, 2.75) is 52.4 Å². The Kier molecular flexibility index (Phi) is 8.52. The molecular formula is C17H27NO2. The molecular weight excluding hydrogens is 250 g/mol. The van der Waals surface area contributed by atoms with Crippen LogP contribution in [0.5, 0.6) is 5.75 Å². The number of rotatable bonds is 10. The van der Waals surface area contributed by atoms with Crippen molar-refractivity contribution in [3.8, 4) is 5.75 Å². The summed E-state index contributed by atoms with van der Waals surface area (Å²) in [5.74, 6) is 0.736. The first-order chi connectivity index (χ1) is 9.77. The predicted molar refractivity (Wildman–Crippen MR) is 83.3 cm³/mol. The summed E-state index contributed by atoms with van der Waals surface area (Å²) in [6.07, 6.45) is 7.41. The normalized spacial score (nSPS) is 10.3. The molecule has 0 saturated carbocycles. The molecule has 0 saturated heterocycles. The smallest absolute Gasteiger partial charge is 0.251 e. The second kappa shape index (κ2) is 10.3. The van der Waals surface area contributed by atoms with Crippen molar-refractivity contribution in [3.63, 3.8) is 0 Å². The predicted octanol–water partition coefficient (Wildman–Crippen LogP) is 4.18. The van der Waals surface area contributed by atoms with Gasteiger partial charge in [0.05, 0.1) is 6.61 Å². The first-order valence-electron chi connectivity index (χ1n) is 7.79. The summed E-state index contributed by atoms with van der Waals surface area (Å²) >= 11 is 0. The van der Waals surface area contributed by atoms with Crippen molar-refractivity contribution in [2.24, 2.45) is 0 Å². The number of ether oxygens (including phenoxy) is 1. The molecule has 0 aliphatic carbocycles. The van der Waals surface area contributed by atoms with Crippen LogP contribution in [-0.4, -0.2) is 19.1 Å². The van der Waals surface area contributed by atoms with Crippen LogP contribution >= 0.6 is 0 Å². The summed E-state index contributed by atoms with van der Waals surface area (Å²) in [4.78, 5) is 12.0. The molecule has 0 fully saturated rings. The van der Waals surface area contributed by atoms with Gasteiger partial charge in [-0.1, -0.05) is 45.1 Å². The van der Waals surface area contributed by atoms with E-state index in [0.717, 1.165) is 18.7 Å². The summed E-state index contributed by atoms with van der Waals surface area (Å²) in [6, 6.07) is 7.33. The van der Waals surface area contributed by atoms with Crippen LogP contribution in [0.4, 0.5) is 0 Å². The van der Waals surface area contributed by atoms with Gasteiger partial charge in [-0.05, 0) is 31.5 Å². The molecule has 0 atom stereocenters. The summed E-state index contributed by atoms with van der Waals surface area (Å²) < 4.78 is 5.40. The van der Waals surface area contributed by atoms with Gasteiger partial charge in [0, 0.05) is 12.1 Å². The third-order valence-corrected chi connectivity index (χ3v) is 3.22. The van der Waals surface area contributed by atoms with E-state index in [4.69, 9.17) is 4.74 Å². The van der Waals surface area contributed by atoms with Gasteiger partial charge in [-0.15, -0.1) is 0 Å². The first kappa shape index (κ1) is 16.5. The lowest BCUT2D eigenvalue weighted by Crippen LogP contribution is -2.24. The second-order valence-electron chi connectivity index (χ2n) is 4.98. The van der Waals surface area contributed by atoms with E-state index in [1.165, 1.54) is 32.1 Å². The van der Waals surface area contributed by atoms with Gasteiger partial charge in [0.15, 0.2) is 0 Å². The Bertz CT molecular complexity index is 390. The Morgan fingerprint density at radius 2 is 1.85 bits per heavy atom. The molecule has 3 nitrogen and oxygen atoms in total. The van der Waals surface area contributed by atoms with Crippen molar-refractivity contribution < 1.29 is 9.53 Å². The highest BCUT2D eigenvalue weighted by molar-refractivity contribution is 5.94. The average molecular weight is 277 g/mol. The summed E-state index contributed by atoms with van der Waals surface area (Å²) in [5, 5.41) is 2.96. The molecule has 20 heavy (non-hydrogen) atoms. The molecule has 0 unspecified atom stereocenters. The van der Waals surface area contributed by atoms with Crippen LogP contribution in [0, 0.1) is 0 Å². The maximum Gasteiger partial charge on any atom is 0.251 e. The van der Waals surface area contributed by atoms with Crippen LogP contribution in [-0.2, 0) is 0 Å². The average Bonchev–Trinajstić information content (AvgIpc) is 2.47. The van der Waals surface area contributed by atoms with Crippen LogP contribution in [0.15, 0.2) is 24.3 Å². The molecule has 0 aliphatic heterocycles. The van der Waals surface area contributed by atoms with E-state index in [9.17, 15) is 4.79 Å². The fourth-order valence-electron chi connectivity index (χ4n) is 2.10. The Morgan fingerprint density at radius 3 is 2.60 bits per heavy atom. The van der Waals surface area contributed by atoms with Crippen LogP contribution in [0.25, 0.3) is 0 Å². The van der Waals surface area contributed by atoms with Crippen LogP contribution in [0.2, 0.25) is 0 Å². The van der Waals surface area contributed by atoms with Gasteiger partial charge in [-0.3, -0.25) is 4.79 Å². The molecule has 0 spiro atoms. The van der Waals surface area contributed by atoms with Gasteiger partial charge in [0.2, 0.25) is 0 Å². The minimum Gasteiger partial charge on any atom is -0.494 e. The van der Waals surface area contributed by atoms with E-state index in [1.54, 1.807) is 6.07 Å². The lowest BCUT2D eigenvalue weighted by Gasteiger charge is -2.07. The lowest BCUT2D eigenvalue weighted by atomic mass is 10.1. The standard InChI is InChI=1S/C17H27NO2/c1-3-5-6-7-8-9-13-18-17(19)15-11-10-12-16(14-15)20-4-2/h10-12,14H,3-9,13H2,1-2H3,(H,18,19). The van der Waals surface area contributed by atoms with Crippen LogP contribution in [0.3, 0.4) is 0 Å². The van der Waals surface area contributed by atoms with E-state index < -0.39 is 0 Å². The van der Waals surface area contributed by atoms with E-state index in [-0.39, 0.29) is 5.91 Å². The number of unbranched alkanes of at least 4 members (excludes halogenated alkanes) is 5. The molecule has 1 amide bonds. The summed E-state index contributed by atoms with van der Waals surface area (Å²) in [5.41, 5.74) is 0.668. The molecule has 1 N–H and O–H groups in total. The summed E-state index contributed by atoms with van der Waals surface area (Å²) in [6.45, 7) is 5.52. The van der Waals surface area contributed by atoms with Crippen LogP contribution in [0.1, 0.15) is 62.7 Å². The molecule has 0 aromatic heterocycles. The van der Waals surface area contributed by atoms with E-state index in [0.29, 0.717) is 12.2 Å². The number of nitrogens with one attached hydrogen (secondary N) is 1. The van der Waals surface area contributed by atoms with Gasteiger partial charge < -0.3 is 10.1 Å². The number of hydrogen-bond acceptors (Lipinski definition) is 2. The highest BCUT2D eigenvalue weighted by atomic mass is 16.5. The molecule has 1 aromatic rings. The van der Waals surface area contributed by atoms with Crippen LogP contribution < -0.4 is 10.1 Å². The largest absolute Gasteiger partial charge is 0.494 e. The first-order valence-corrected chi connectivity index (χ1v) is 7.79. The Balaban J connectivity index is 2.23. The number of benzene rings is 1. The number of carbonyl (C=O) groups is 1. The topological polar surface area (TPSA) is 38.3 Å². The fourth-order valence-corrected chi connectivity index (χ4v) is 2.10. The highest BCUT2D eigenvalue weighted by Gasteiger charge is 2.05. The van der Waals surface area contributed by atoms with E-state index in [2.05, 4.69) is 12.2 Å². The van der Waals surface area contributed by atoms with Crippen molar-refractivity contribution in [1.82, 2.24) is 5.32 Å². The third-order valence-electron chi connectivity index (χ3n) is 3.22. The van der Waals surface area contributed by atoms with Crippen molar-refractivity contribution >= 4 is 5.91 Å². The van der Waals surface area contributed by atoms with Gasteiger partial charge in [-0.25, -0.2) is 0 Å². The number of carbonyl (C=O) groups excluding carboxylic acids is 1. The molecule has 1 aromatic carbocycles. The zero-order chi connectivity index (χ0) is 14.6. The fraction of sp³-hybridized carbons (Fsp3) is 0.588. The van der Waals surface area contributed by atoms with E-state index >= 15 is 0 Å². The van der Waals surface area contributed by atoms with Crippen molar-refractivity contribution in [2.75, 3.05) is 13.2 Å². The van der Waals surface area contributed by atoms with Crippen molar-refractivity contribution in [3.05, 3.63) is 29.8 Å². The maximum absolute atomic E-state index is 12.0. The molecule has 1 rings (SSSR count). The number of amides is 1. The summed E-state index contributed by atoms with van der Waals surface area (Å²) in [7, 11) is 0. The van der Waals surface area contributed by atoms with E-state index in [1.807, 2.05) is 25.1 Å². The highest BCUT2D eigenvalue weighted by Crippen LogP contribution is 2.13. The Morgan fingerprint density at radius 1 is 1.10 bits per heavy atom. The Labute approximate surface area is 122 Å². The van der Waals surface area contributed by atoms with Gasteiger partial charge in [0.25, 0.3) is 5.91 Å². The van der Waals surface area contributed by atoms with Gasteiger partial charge in [-0.2, -0.15) is 0 Å². The monoisotopic (exact) mass is 277 g/mol. The molecule has 112 valence electrons. The molecule has 0 aliphatic rings. The Hall–Kier alpha value is -1.51. The minimum absolute atomic E-state index is 0.0138. The second-order valence-corrected chi connectivity index (χ2v) is 4.98. The zero-order valence-electron chi connectivity index (χ0n) is 12.8. The van der Waals surface area contributed by atoms with Crippen molar-refractivity contribution in [1.29, 1.82) is 0 Å². The zero-order valence-corrected chi connectivity index (χ0v) is 12.8. The number of hydrogen-bond donors (Lipinski definition) is 1.